The van der Waals surface area contributed by atoms with E-state index in [0.717, 1.165) is 39.2 Å². The van der Waals surface area contributed by atoms with Crippen LogP contribution in [0.3, 0.4) is 0 Å². The second-order valence-corrected chi connectivity index (χ2v) is 21.3. The maximum absolute atomic E-state index is 14.9. The van der Waals surface area contributed by atoms with Crippen molar-refractivity contribution in [1.29, 1.82) is 0 Å². The monoisotopic (exact) mass is 1020 g/mol. The van der Waals surface area contributed by atoms with Crippen molar-refractivity contribution in [2.24, 2.45) is 5.16 Å². The van der Waals surface area contributed by atoms with Gasteiger partial charge < -0.3 is 19.6 Å². The van der Waals surface area contributed by atoms with Crippen LogP contribution in [0.2, 0.25) is 0 Å². The Balaban J connectivity index is 1.05. The lowest BCUT2D eigenvalue weighted by molar-refractivity contribution is -0.154. The van der Waals surface area contributed by atoms with Crippen molar-refractivity contribution in [2.75, 3.05) is 16.2 Å². The summed E-state index contributed by atoms with van der Waals surface area (Å²) in [4.78, 5) is 70.5. The number of nitrogens with one attached hydrogen (secondary N) is 3. The summed E-state index contributed by atoms with van der Waals surface area (Å²) in [5, 5.41) is 23.0. The van der Waals surface area contributed by atoms with Gasteiger partial charge in [-0.15, -0.1) is 40.0 Å². The maximum Gasteiger partial charge on any atom is 0.413 e. The Hall–Kier alpha value is -7.19. The highest BCUT2D eigenvalue weighted by Crippen LogP contribution is 2.46. The number of oxime groups is 1. The molecule has 5 aromatic carbocycles. The molecule has 2 aromatic heterocycles. The molecule has 7 aromatic rings. The molecule has 2 aliphatic rings. The number of aromatic nitrogens is 4. The molecule has 0 radical (unpaired) electrons. The summed E-state index contributed by atoms with van der Waals surface area (Å²) in [6.45, 7) is 5.22. The summed E-state index contributed by atoms with van der Waals surface area (Å²) in [5.41, 5.74) is 1.37. The van der Waals surface area contributed by atoms with Crippen LogP contribution in [0.15, 0.2) is 184 Å². The Bertz CT molecular complexity index is 2890. The number of aromatic amines is 1. The van der Waals surface area contributed by atoms with Crippen molar-refractivity contribution in [3.8, 4) is 0 Å². The van der Waals surface area contributed by atoms with Crippen LogP contribution in [0.5, 0.6) is 0 Å². The third kappa shape index (κ3) is 11.1. The van der Waals surface area contributed by atoms with Crippen molar-refractivity contribution >= 4 is 81.3 Å². The van der Waals surface area contributed by atoms with E-state index in [1.54, 1.807) is 32.3 Å². The molecule has 0 spiro atoms. The highest BCUT2D eigenvalue weighted by molar-refractivity contribution is 8.18. The number of nitrogens with zero attached hydrogens (tertiary/aromatic N) is 5. The van der Waals surface area contributed by atoms with Crippen molar-refractivity contribution < 1.29 is 33.5 Å². The normalized spacial score (nSPS) is 15.9. The highest BCUT2D eigenvalue weighted by atomic mass is 32.2. The van der Waals surface area contributed by atoms with Crippen LogP contribution in [-0.4, -0.2) is 82.7 Å². The van der Waals surface area contributed by atoms with E-state index in [-0.39, 0.29) is 22.2 Å². The second-order valence-electron chi connectivity index (χ2n) is 16.9. The number of benzene rings is 5. The van der Waals surface area contributed by atoms with E-state index in [0.29, 0.717) is 20.8 Å². The number of fused-ring (bicyclic) bond motifs is 1. The molecule has 71 heavy (non-hydrogen) atoms. The molecule has 1 saturated heterocycles. The second kappa shape index (κ2) is 21.8. The Labute approximate surface area is 426 Å². The van der Waals surface area contributed by atoms with Gasteiger partial charge >= 0.3 is 12.1 Å². The van der Waals surface area contributed by atoms with E-state index >= 15 is 0 Å². The van der Waals surface area contributed by atoms with Crippen LogP contribution < -0.4 is 10.6 Å². The zero-order valence-electron chi connectivity index (χ0n) is 38.5. The molecule has 2 atom stereocenters. The first-order valence-electron chi connectivity index (χ1n) is 22.3. The molecule has 2 aliphatic heterocycles. The summed E-state index contributed by atoms with van der Waals surface area (Å²) in [7, 11) is 0. The molecule has 4 heterocycles. The lowest BCUT2D eigenvalue weighted by Crippen LogP contribution is -2.71. The number of rotatable bonds is 17. The van der Waals surface area contributed by atoms with Crippen molar-refractivity contribution in [3.05, 3.63) is 207 Å². The molecule has 1 fully saturated rings. The van der Waals surface area contributed by atoms with E-state index in [2.05, 4.69) is 36.2 Å². The van der Waals surface area contributed by atoms with Crippen LogP contribution in [0.4, 0.5) is 9.93 Å². The fourth-order valence-corrected chi connectivity index (χ4v) is 12.1. The fourth-order valence-electron chi connectivity index (χ4n) is 7.90. The molecule has 3 N–H and O–H groups in total. The van der Waals surface area contributed by atoms with Crippen molar-refractivity contribution in [3.63, 3.8) is 0 Å². The number of ether oxygens (including phenoxy) is 2. The molecule has 3 amide bonds. The molecule has 19 heteroatoms. The standard InChI is InChI=1S/C52H46N8O7S4/c1-51(2,3)66-50(64)56-49-54-38(30-69-49)41(58-67-52(35-23-13-6-14-24-35,36-25-15-7-16-26-36)37-27-17-8-18-28-37)45(61)55-42-46(62)60-43(39(31-68-47(42)60)70-32-71-40-29-53-59-57-40)48(63)65-44(33-19-9-4-10-20-33)34-21-11-5-12-22-34/h4-30,42,44,47H,31-32H2,1-3H3,(H,55,61)(H,53,57,59)(H,54,56,64)/t42-,47+/m1/s1. The van der Waals surface area contributed by atoms with Gasteiger partial charge in [-0.3, -0.25) is 19.8 Å². The molecule has 360 valence electrons. The van der Waals surface area contributed by atoms with Gasteiger partial charge in [-0.05, 0) is 31.9 Å². The lowest BCUT2D eigenvalue weighted by Gasteiger charge is -2.49. The van der Waals surface area contributed by atoms with Crippen molar-refractivity contribution in [2.45, 2.75) is 54.5 Å². The number of H-pyrrole nitrogens is 1. The summed E-state index contributed by atoms with van der Waals surface area (Å²) in [5.74, 6) is -1.67. The smallest absolute Gasteiger partial charge is 0.413 e. The van der Waals surface area contributed by atoms with Gasteiger partial charge in [0, 0.05) is 32.7 Å². The first-order valence-corrected chi connectivity index (χ1v) is 26.2. The number of thiazole rings is 1. The van der Waals surface area contributed by atoms with Gasteiger partial charge in [-0.2, -0.15) is 10.3 Å². The number of hydrogen-bond donors (Lipinski definition) is 3. The first-order chi connectivity index (χ1) is 34.5. The number of hydrogen-bond acceptors (Lipinski definition) is 15. The van der Waals surface area contributed by atoms with Gasteiger partial charge in [0.25, 0.3) is 11.8 Å². The minimum absolute atomic E-state index is 0.0573. The molecular weight excluding hydrogens is 977 g/mol. The van der Waals surface area contributed by atoms with E-state index in [4.69, 9.17) is 14.3 Å². The Morgan fingerprint density at radius 3 is 1.92 bits per heavy atom. The number of β-lactam (4-membered cyclic amide) rings is 1. The highest BCUT2D eigenvalue weighted by Gasteiger charge is 2.55. The van der Waals surface area contributed by atoms with Crippen LogP contribution in [-0.2, 0) is 34.3 Å². The van der Waals surface area contributed by atoms with Gasteiger partial charge in [0.2, 0.25) is 5.60 Å². The predicted octanol–water partition coefficient (Wildman–Crippen LogP) is 9.75. The van der Waals surface area contributed by atoms with E-state index in [9.17, 15) is 19.2 Å². The van der Waals surface area contributed by atoms with Crippen LogP contribution in [0.1, 0.15) is 60.4 Å². The topological polar surface area (TPSA) is 190 Å². The first kappa shape index (κ1) is 48.8. The van der Waals surface area contributed by atoms with Crippen molar-refractivity contribution in [1.82, 2.24) is 30.6 Å². The van der Waals surface area contributed by atoms with Gasteiger partial charge in [0.1, 0.15) is 33.4 Å². The van der Waals surface area contributed by atoms with Gasteiger partial charge in [-0.1, -0.05) is 169 Å². The van der Waals surface area contributed by atoms with Crippen LogP contribution >= 0.6 is 46.6 Å². The van der Waals surface area contributed by atoms with E-state index in [1.165, 1.54) is 40.2 Å². The molecular formula is C52H46N8O7S4. The average Bonchev–Trinajstić information content (AvgIpc) is 4.09. The molecule has 15 nitrogen and oxygen atoms in total. The Morgan fingerprint density at radius 2 is 1.38 bits per heavy atom. The van der Waals surface area contributed by atoms with Crippen LogP contribution in [0.25, 0.3) is 0 Å². The molecule has 0 bridgehead atoms. The van der Waals surface area contributed by atoms with E-state index < -0.39 is 52.6 Å². The summed E-state index contributed by atoms with van der Waals surface area (Å²) in [6, 6.07) is 46.2. The number of esters is 1. The number of amides is 3. The van der Waals surface area contributed by atoms with Gasteiger partial charge in [0.15, 0.2) is 16.9 Å². The zero-order chi connectivity index (χ0) is 49.4. The van der Waals surface area contributed by atoms with E-state index in [1.807, 2.05) is 152 Å². The largest absolute Gasteiger partial charge is 0.448 e. The molecule has 0 unspecified atom stereocenters. The Morgan fingerprint density at radius 1 is 0.817 bits per heavy atom. The third-order valence-electron chi connectivity index (χ3n) is 11.1. The zero-order valence-corrected chi connectivity index (χ0v) is 41.7. The quantitative estimate of drug-likeness (QED) is 0.0149. The molecule has 9 rings (SSSR count). The minimum atomic E-state index is -1.39. The summed E-state index contributed by atoms with van der Waals surface area (Å²) < 4.78 is 11.8. The fraction of sp³-hybridized carbons (Fsp3) is 0.192. The molecule has 0 aliphatic carbocycles. The van der Waals surface area contributed by atoms with Crippen LogP contribution in [0, 0.1) is 0 Å². The lowest BCUT2D eigenvalue weighted by atomic mass is 9.80. The van der Waals surface area contributed by atoms with Gasteiger partial charge in [-0.25, -0.2) is 14.6 Å². The minimum Gasteiger partial charge on any atom is -0.448 e. The summed E-state index contributed by atoms with van der Waals surface area (Å²) >= 11 is 5.28. The molecule has 0 saturated carbocycles. The third-order valence-corrected chi connectivity index (χ3v) is 15.4. The number of thioether (sulfide) groups is 3. The number of anilines is 1. The SMILES string of the molecule is CC(C)(C)OC(=O)Nc1nc(C(=NOC(c2ccccc2)(c2ccccc2)c2ccccc2)C(=O)N[C@@H]2C(=O)N3C(C(=O)OC(c4ccccc4)c4ccccc4)=C(SCSc4cn[nH]n4)CS[C@@H]23)cs1. The van der Waals surface area contributed by atoms with Gasteiger partial charge in [0.05, 0.1) is 11.3 Å². The Kier molecular flexibility index (Phi) is 15.0. The predicted molar refractivity (Wildman–Crippen MR) is 276 cm³/mol. The summed E-state index contributed by atoms with van der Waals surface area (Å²) in [6.07, 6.45) is 0.0856. The average molecular weight is 1020 g/mol. The number of carbonyl (C=O) groups is 4. The number of carbonyl (C=O) groups excluding carboxylic acids is 4. The maximum atomic E-state index is 14.9.